The number of rotatable bonds is 11. The monoisotopic (exact) mass is 306 g/mol. The summed E-state index contributed by atoms with van der Waals surface area (Å²) in [4.78, 5) is 20.8. The van der Waals surface area contributed by atoms with Gasteiger partial charge in [0.2, 0.25) is 0 Å². The molecular weight excluding hydrogens is 276 g/mol. The van der Waals surface area contributed by atoms with E-state index in [0.29, 0.717) is 12.8 Å². The van der Waals surface area contributed by atoms with Gasteiger partial charge in [0.1, 0.15) is 12.7 Å². The van der Waals surface area contributed by atoms with Crippen molar-refractivity contribution >= 4 is 11.9 Å². The first kappa shape index (κ1) is 22.1. The first-order valence-electron chi connectivity index (χ1n) is 7.64. The standard InChI is InChI=1S/C9H18O4.C6H12O2/c1-2-3-4-5-9(12)13-7-8(11)6-10;1-2-3-4-5-6(7)8/h8,10-11H,2-7H2,1H3;2-5H2,1H3,(H,7,8). The summed E-state index contributed by atoms with van der Waals surface area (Å²) in [5.41, 5.74) is 0. The van der Waals surface area contributed by atoms with Crippen molar-refractivity contribution in [3.63, 3.8) is 0 Å². The predicted molar refractivity (Wildman–Crippen MR) is 80.0 cm³/mol. The fourth-order valence-corrected chi connectivity index (χ4v) is 1.36. The second-order valence-corrected chi connectivity index (χ2v) is 4.83. The maximum atomic E-state index is 10.9. The van der Waals surface area contributed by atoms with Crippen molar-refractivity contribution in [1.82, 2.24) is 0 Å². The van der Waals surface area contributed by atoms with Crippen LogP contribution in [-0.4, -0.2) is 46.6 Å². The minimum Gasteiger partial charge on any atom is -0.481 e. The molecule has 0 aliphatic rings. The highest BCUT2D eigenvalue weighted by Crippen LogP contribution is 2.00. The van der Waals surface area contributed by atoms with Crippen LogP contribution in [0.2, 0.25) is 0 Å². The lowest BCUT2D eigenvalue weighted by Crippen LogP contribution is -2.21. The molecule has 6 heteroatoms. The van der Waals surface area contributed by atoms with Gasteiger partial charge in [-0.1, -0.05) is 39.5 Å². The number of carboxylic acid groups (broad SMARTS) is 1. The number of aliphatic hydroxyl groups is 2. The van der Waals surface area contributed by atoms with Crippen molar-refractivity contribution in [3.05, 3.63) is 0 Å². The third kappa shape index (κ3) is 21.3. The average Bonchev–Trinajstić information content (AvgIpc) is 2.45. The van der Waals surface area contributed by atoms with Gasteiger partial charge in [0.05, 0.1) is 6.61 Å². The van der Waals surface area contributed by atoms with E-state index in [4.69, 9.17) is 20.1 Å². The maximum absolute atomic E-state index is 10.9. The Morgan fingerprint density at radius 2 is 1.52 bits per heavy atom. The average molecular weight is 306 g/mol. The van der Waals surface area contributed by atoms with Gasteiger partial charge in [-0.25, -0.2) is 0 Å². The number of carbonyl (C=O) groups excluding carboxylic acids is 1. The van der Waals surface area contributed by atoms with E-state index < -0.39 is 12.1 Å². The zero-order chi connectivity index (χ0) is 16.5. The molecule has 0 saturated heterocycles. The smallest absolute Gasteiger partial charge is 0.305 e. The van der Waals surface area contributed by atoms with Crippen molar-refractivity contribution in [2.75, 3.05) is 13.2 Å². The second-order valence-electron chi connectivity index (χ2n) is 4.83. The highest BCUT2D eigenvalue weighted by Gasteiger charge is 2.06. The van der Waals surface area contributed by atoms with Gasteiger partial charge in [-0.05, 0) is 12.8 Å². The molecule has 3 N–H and O–H groups in total. The van der Waals surface area contributed by atoms with E-state index in [9.17, 15) is 9.59 Å². The van der Waals surface area contributed by atoms with E-state index >= 15 is 0 Å². The fourth-order valence-electron chi connectivity index (χ4n) is 1.36. The van der Waals surface area contributed by atoms with Crippen molar-refractivity contribution in [3.8, 4) is 0 Å². The van der Waals surface area contributed by atoms with Crippen LogP contribution in [0.15, 0.2) is 0 Å². The Bertz CT molecular complexity index is 255. The number of esters is 1. The Hall–Kier alpha value is -1.14. The number of unbranched alkanes of at least 4 members (excludes halogenated alkanes) is 4. The summed E-state index contributed by atoms with van der Waals surface area (Å²) in [5.74, 6) is -0.987. The molecule has 0 amide bonds. The van der Waals surface area contributed by atoms with Crippen LogP contribution in [0.5, 0.6) is 0 Å². The number of hydrogen-bond donors (Lipinski definition) is 3. The van der Waals surface area contributed by atoms with Crippen LogP contribution in [0.1, 0.15) is 65.2 Å². The molecule has 0 aromatic rings. The molecule has 1 unspecified atom stereocenters. The minimum absolute atomic E-state index is 0.110. The van der Waals surface area contributed by atoms with Crippen LogP contribution in [-0.2, 0) is 14.3 Å². The summed E-state index contributed by atoms with van der Waals surface area (Å²) in [5, 5.41) is 25.4. The molecule has 0 saturated carbocycles. The van der Waals surface area contributed by atoms with Crippen LogP contribution in [0, 0.1) is 0 Å². The summed E-state index contributed by atoms with van der Waals surface area (Å²) in [7, 11) is 0. The Kier molecular flexibility index (Phi) is 17.8. The first-order chi connectivity index (χ1) is 9.97. The van der Waals surface area contributed by atoms with Gasteiger partial charge in [0, 0.05) is 12.8 Å². The molecular formula is C15H30O6. The summed E-state index contributed by atoms with van der Waals surface area (Å²) >= 11 is 0. The topological polar surface area (TPSA) is 104 Å². The number of carboxylic acids is 1. The molecule has 126 valence electrons. The largest absolute Gasteiger partial charge is 0.481 e. The number of aliphatic hydroxyl groups excluding tert-OH is 2. The second kappa shape index (κ2) is 16.9. The van der Waals surface area contributed by atoms with Gasteiger partial charge < -0.3 is 20.1 Å². The van der Waals surface area contributed by atoms with Gasteiger partial charge >= 0.3 is 11.9 Å². The van der Waals surface area contributed by atoms with Gasteiger partial charge in [0.25, 0.3) is 0 Å². The summed E-state index contributed by atoms with van der Waals surface area (Å²) < 4.78 is 4.69. The summed E-state index contributed by atoms with van der Waals surface area (Å²) in [6, 6.07) is 0. The Morgan fingerprint density at radius 1 is 1.00 bits per heavy atom. The van der Waals surface area contributed by atoms with Crippen molar-refractivity contribution < 1.29 is 29.6 Å². The normalized spacial score (nSPS) is 11.2. The Labute approximate surface area is 127 Å². The van der Waals surface area contributed by atoms with Gasteiger partial charge in [-0.3, -0.25) is 9.59 Å². The van der Waals surface area contributed by atoms with Crippen LogP contribution in [0.4, 0.5) is 0 Å². The molecule has 0 radical (unpaired) electrons. The number of ether oxygens (including phenoxy) is 1. The van der Waals surface area contributed by atoms with Gasteiger partial charge in [-0.15, -0.1) is 0 Å². The molecule has 0 aliphatic heterocycles. The van der Waals surface area contributed by atoms with Crippen molar-refractivity contribution in [2.45, 2.75) is 71.3 Å². The summed E-state index contributed by atoms with van der Waals surface area (Å²) in [6.07, 6.45) is 5.62. The van der Waals surface area contributed by atoms with Crippen LogP contribution < -0.4 is 0 Å². The zero-order valence-electron chi connectivity index (χ0n) is 13.2. The molecule has 0 heterocycles. The van der Waals surface area contributed by atoms with E-state index in [1.807, 2.05) is 0 Å². The quantitative estimate of drug-likeness (QED) is 0.399. The minimum atomic E-state index is -0.949. The molecule has 0 aliphatic carbocycles. The van der Waals surface area contributed by atoms with Crippen LogP contribution in [0.3, 0.4) is 0 Å². The zero-order valence-corrected chi connectivity index (χ0v) is 13.2. The number of hydrogen-bond acceptors (Lipinski definition) is 5. The molecule has 0 rings (SSSR count). The molecule has 6 nitrogen and oxygen atoms in total. The lowest BCUT2D eigenvalue weighted by atomic mass is 10.2. The molecule has 21 heavy (non-hydrogen) atoms. The Balaban J connectivity index is 0. The lowest BCUT2D eigenvalue weighted by molar-refractivity contribution is -0.147. The van der Waals surface area contributed by atoms with E-state index in [1.165, 1.54) is 0 Å². The van der Waals surface area contributed by atoms with Crippen molar-refractivity contribution in [2.24, 2.45) is 0 Å². The predicted octanol–water partition coefficient (Wildman–Crippen LogP) is 2.11. The highest BCUT2D eigenvalue weighted by atomic mass is 16.5. The molecule has 1 atom stereocenters. The Morgan fingerprint density at radius 3 is 1.95 bits per heavy atom. The van der Waals surface area contributed by atoms with E-state index in [-0.39, 0.29) is 19.2 Å². The number of aliphatic carboxylic acids is 1. The third-order valence-corrected chi connectivity index (χ3v) is 2.63. The number of carbonyl (C=O) groups is 2. The lowest BCUT2D eigenvalue weighted by Gasteiger charge is -2.07. The van der Waals surface area contributed by atoms with E-state index in [0.717, 1.165) is 38.5 Å². The first-order valence-corrected chi connectivity index (χ1v) is 7.64. The van der Waals surface area contributed by atoms with Crippen LogP contribution >= 0.6 is 0 Å². The molecule has 0 bridgehead atoms. The SMILES string of the molecule is CCCCCC(=O)O.CCCCCC(=O)OCC(O)CO. The van der Waals surface area contributed by atoms with Crippen molar-refractivity contribution in [1.29, 1.82) is 0 Å². The van der Waals surface area contributed by atoms with E-state index in [2.05, 4.69) is 13.8 Å². The third-order valence-electron chi connectivity index (χ3n) is 2.63. The maximum Gasteiger partial charge on any atom is 0.305 e. The molecule has 0 aromatic carbocycles. The highest BCUT2D eigenvalue weighted by molar-refractivity contribution is 5.69. The molecule has 0 spiro atoms. The van der Waals surface area contributed by atoms with Gasteiger partial charge in [0.15, 0.2) is 0 Å². The van der Waals surface area contributed by atoms with Crippen LogP contribution in [0.25, 0.3) is 0 Å². The molecule has 0 aromatic heterocycles. The van der Waals surface area contributed by atoms with E-state index in [1.54, 1.807) is 0 Å². The van der Waals surface area contributed by atoms with Gasteiger partial charge in [-0.2, -0.15) is 0 Å². The summed E-state index contributed by atoms with van der Waals surface area (Å²) in [6.45, 7) is 3.63. The fraction of sp³-hybridized carbons (Fsp3) is 0.867. The molecule has 0 fully saturated rings.